The Morgan fingerprint density at radius 2 is 1.74 bits per heavy atom. The van der Waals surface area contributed by atoms with Crippen LogP contribution in [0.2, 0.25) is 0 Å². The van der Waals surface area contributed by atoms with E-state index in [1.807, 2.05) is 43.3 Å². The molecule has 0 saturated heterocycles. The van der Waals surface area contributed by atoms with Crippen molar-refractivity contribution in [2.75, 3.05) is 0 Å². The van der Waals surface area contributed by atoms with E-state index in [1.54, 1.807) is 0 Å². The maximum Gasteiger partial charge on any atom is 0.251 e. The molecule has 1 N–H and O–H groups in total. The number of rotatable bonds is 4. The predicted octanol–water partition coefficient (Wildman–Crippen LogP) is 4.51. The summed E-state index contributed by atoms with van der Waals surface area (Å²) in [6.07, 6.45) is 0.834. The van der Waals surface area contributed by atoms with E-state index in [1.165, 1.54) is 11.1 Å². The number of benzene rings is 3. The van der Waals surface area contributed by atoms with Crippen molar-refractivity contribution < 1.29 is 4.79 Å². The molecule has 1 amide bonds. The summed E-state index contributed by atoms with van der Waals surface area (Å²) in [4.78, 5) is 12.4. The molecule has 2 nitrogen and oxygen atoms in total. The SMILES string of the molecule is Cc1cccc(C[C@@H](C)NC(=O)c2ccc3ccccc3c2)c1. The zero-order valence-electron chi connectivity index (χ0n) is 13.5. The normalized spacial score (nSPS) is 12.1. The minimum atomic E-state index is -0.0177. The summed E-state index contributed by atoms with van der Waals surface area (Å²) in [6.45, 7) is 4.13. The first-order chi connectivity index (χ1) is 11.1. The molecular weight excluding hydrogens is 282 g/mol. The van der Waals surface area contributed by atoms with Crippen molar-refractivity contribution in [2.24, 2.45) is 0 Å². The third-order valence-electron chi connectivity index (χ3n) is 4.01. The van der Waals surface area contributed by atoms with Gasteiger partial charge in [-0.25, -0.2) is 0 Å². The van der Waals surface area contributed by atoms with Gasteiger partial charge in [-0.05, 0) is 48.7 Å². The van der Waals surface area contributed by atoms with Gasteiger partial charge in [0.15, 0.2) is 0 Å². The van der Waals surface area contributed by atoms with E-state index in [0.29, 0.717) is 5.56 Å². The lowest BCUT2D eigenvalue weighted by molar-refractivity contribution is 0.0940. The Labute approximate surface area is 137 Å². The number of carbonyl (C=O) groups excluding carboxylic acids is 1. The first kappa shape index (κ1) is 15.3. The van der Waals surface area contributed by atoms with Crippen LogP contribution in [0.1, 0.15) is 28.4 Å². The quantitative estimate of drug-likeness (QED) is 0.755. The maximum absolute atomic E-state index is 12.4. The number of hydrogen-bond acceptors (Lipinski definition) is 1. The van der Waals surface area contributed by atoms with Gasteiger partial charge in [0.05, 0.1) is 0 Å². The van der Waals surface area contributed by atoms with Crippen LogP contribution in [0, 0.1) is 6.92 Å². The third-order valence-corrected chi connectivity index (χ3v) is 4.01. The van der Waals surface area contributed by atoms with Crippen molar-refractivity contribution in [2.45, 2.75) is 26.3 Å². The second-order valence-electron chi connectivity index (χ2n) is 6.13. The molecule has 0 aliphatic heterocycles. The summed E-state index contributed by atoms with van der Waals surface area (Å²) in [5.74, 6) is -0.0177. The number of fused-ring (bicyclic) bond motifs is 1. The molecular formula is C21H21NO. The van der Waals surface area contributed by atoms with Crippen LogP contribution >= 0.6 is 0 Å². The van der Waals surface area contributed by atoms with Crippen LogP contribution in [-0.4, -0.2) is 11.9 Å². The molecule has 0 bridgehead atoms. The Morgan fingerprint density at radius 1 is 0.957 bits per heavy atom. The van der Waals surface area contributed by atoms with Crippen LogP contribution in [0.15, 0.2) is 66.7 Å². The van der Waals surface area contributed by atoms with E-state index in [-0.39, 0.29) is 11.9 Å². The average Bonchev–Trinajstić information content (AvgIpc) is 2.54. The van der Waals surface area contributed by atoms with Crippen LogP contribution in [0.5, 0.6) is 0 Å². The number of carbonyl (C=O) groups is 1. The number of aryl methyl sites for hydroxylation is 1. The topological polar surface area (TPSA) is 29.1 Å². The summed E-state index contributed by atoms with van der Waals surface area (Å²) in [7, 11) is 0. The first-order valence-electron chi connectivity index (χ1n) is 7.97. The number of amides is 1. The highest BCUT2D eigenvalue weighted by Crippen LogP contribution is 2.16. The van der Waals surface area contributed by atoms with Crippen molar-refractivity contribution in [1.29, 1.82) is 0 Å². The summed E-state index contributed by atoms with van der Waals surface area (Å²) >= 11 is 0. The lowest BCUT2D eigenvalue weighted by Crippen LogP contribution is -2.34. The second-order valence-corrected chi connectivity index (χ2v) is 6.13. The Morgan fingerprint density at radius 3 is 2.52 bits per heavy atom. The summed E-state index contributed by atoms with van der Waals surface area (Å²) in [6, 6.07) is 22.4. The third kappa shape index (κ3) is 3.78. The lowest BCUT2D eigenvalue weighted by Gasteiger charge is -2.14. The van der Waals surface area contributed by atoms with E-state index >= 15 is 0 Å². The van der Waals surface area contributed by atoms with Gasteiger partial charge in [0, 0.05) is 11.6 Å². The van der Waals surface area contributed by atoms with Gasteiger partial charge in [-0.2, -0.15) is 0 Å². The minimum Gasteiger partial charge on any atom is -0.349 e. The monoisotopic (exact) mass is 303 g/mol. The first-order valence-corrected chi connectivity index (χ1v) is 7.97. The lowest BCUT2D eigenvalue weighted by atomic mass is 10.0. The van der Waals surface area contributed by atoms with Gasteiger partial charge in [0.2, 0.25) is 0 Å². The van der Waals surface area contributed by atoms with Crippen molar-refractivity contribution in [3.8, 4) is 0 Å². The van der Waals surface area contributed by atoms with Gasteiger partial charge in [-0.15, -0.1) is 0 Å². The number of hydrogen-bond donors (Lipinski definition) is 1. The molecule has 23 heavy (non-hydrogen) atoms. The Bertz CT molecular complexity index is 838. The molecule has 3 aromatic rings. The van der Waals surface area contributed by atoms with Crippen LogP contribution in [0.25, 0.3) is 10.8 Å². The summed E-state index contributed by atoms with van der Waals surface area (Å²) < 4.78 is 0. The van der Waals surface area contributed by atoms with Crippen LogP contribution < -0.4 is 5.32 Å². The smallest absolute Gasteiger partial charge is 0.251 e. The molecule has 0 spiro atoms. The van der Waals surface area contributed by atoms with E-state index in [4.69, 9.17) is 0 Å². The fourth-order valence-corrected chi connectivity index (χ4v) is 2.88. The van der Waals surface area contributed by atoms with Gasteiger partial charge in [-0.3, -0.25) is 4.79 Å². The highest BCUT2D eigenvalue weighted by Gasteiger charge is 2.11. The summed E-state index contributed by atoms with van der Waals surface area (Å²) in [5, 5.41) is 5.33. The largest absolute Gasteiger partial charge is 0.349 e. The molecule has 0 unspecified atom stereocenters. The van der Waals surface area contributed by atoms with Gasteiger partial charge < -0.3 is 5.32 Å². The van der Waals surface area contributed by atoms with Gasteiger partial charge in [0.25, 0.3) is 5.91 Å². The second kappa shape index (κ2) is 6.66. The molecule has 0 radical (unpaired) electrons. The predicted molar refractivity (Wildman–Crippen MR) is 95.8 cm³/mol. The van der Waals surface area contributed by atoms with E-state index in [9.17, 15) is 4.79 Å². The Hall–Kier alpha value is -2.61. The molecule has 0 heterocycles. The van der Waals surface area contributed by atoms with E-state index in [0.717, 1.165) is 17.2 Å². The maximum atomic E-state index is 12.4. The number of nitrogens with one attached hydrogen (secondary N) is 1. The van der Waals surface area contributed by atoms with E-state index in [2.05, 4.69) is 42.6 Å². The standard InChI is InChI=1S/C21H21NO/c1-15-6-5-7-17(12-15)13-16(2)22-21(23)20-11-10-18-8-3-4-9-19(18)14-20/h3-12,14,16H,13H2,1-2H3,(H,22,23)/t16-/m1/s1. The molecule has 0 aliphatic rings. The van der Waals surface area contributed by atoms with Crippen molar-refractivity contribution >= 4 is 16.7 Å². The van der Waals surface area contributed by atoms with Gasteiger partial charge in [-0.1, -0.05) is 60.2 Å². The fraction of sp³-hybridized carbons (Fsp3) is 0.190. The highest BCUT2D eigenvalue weighted by molar-refractivity contribution is 5.98. The van der Waals surface area contributed by atoms with Crippen molar-refractivity contribution in [3.63, 3.8) is 0 Å². The molecule has 0 aromatic heterocycles. The zero-order valence-corrected chi connectivity index (χ0v) is 13.5. The molecule has 0 aliphatic carbocycles. The Kier molecular flexibility index (Phi) is 4.42. The molecule has 1 atom stereocenters. The van der Waals surface area contributed by atoms with Gasteiger partial charge in [0.1, 0.15) is 0 Å². The molecule has 3 aromatic carbocycles. The highest BCUT2D eigenvalue weighted by atomic mass is 16.1. The van der Waals surface area contributed by atoms with Crippen LogP contribution in [0.3, 0.4) is 0 Å². The van der Waals surface area contributed by atoms with Crippen LogP contribution in [-0.2, 0) is 6.42 Å². The molecule has 0 fully saturated rings. The fourth-order valence-electron chi connectivity index (χ4n) is 2.88. The molecule has 2 heteroatoms. The van der Waals surface area contributed by atoms with E-state index < -0.39 is 0 Å². The molecule has 116 valence electrons. The average molecular weight is 303 g/mol. The van der Waals surface area contributed by atoms with Crippen molar-refractivity contribution in [3.05, 3.63) is 83.4 Å². The molecule has 0 saturated carbocycles. The summed E-state index contributed by atoms with van der Waals surface area (Å²) in [5.41, 5.74) is 3.20. The van der Waals surface area contributed by atoms with Crippen LogP contribution in [0.4, 0.5) is 0 Å². The van der Waals surface area contributed by atoms with Gasteiger partial charge >= 0.3 is 0 Å². The van der Waals surface area contributed by atoms with Crippen molar-refractivity contribution in [1.82, 2.24) is 5.32 Å². The Balaban J connectivity index is 1.69. The molecule has 3 rings (SSSR count). The minimum absolute atomic E-state index is 0.0177. The zero-order chi connectivity index (χ0) is 16.2.